The van der Waals surface area contributed by atoms with Crippen molar-refractivity contribution in [3.8, 4) is 5.88 Å². The molecule has 1 fully saturated rings. The summed E-state index contributed by atoms with van der Waals surface area (Å²) >= 11 is 2.04. The molecule has 2 rings (SSSR count). The minimum atomic E-state index is 0.492. The number of nitrogens with zero attached hydrogens (tertiary/aromatic N) is 1. The van der Waals surface area contributed by atoms with Gasteiger partial charge in [-0.15, -0.1) is 0 Å². The first kappa shape index (κ1) is 11.7. The minimum Gasteiger partial charge on any atom is -0.481 e. The zero-order chi connectivity index (χ0) is 11.4. The zero-order valence-electron chi connectivity index (χ0n) is 9.61. The summed E-state index contributed by atoms with van der Waals surface area (Å²) in [4.78, 5) is 4.33. The molecule has 0 bridgehead atoms. The average molecular weight is 238 g/mol. The molecule has 1 saturated heterocycles. The van der Waals surface area contributed by atoms with Crippen LogP contribution in [0.5, 0.6) is 5.88 Å². The first-order valence-corrected chi connectivity index (χ1v) is 6.81. The molecule has 1 aromatic heterocycles. The predicted octanol–water partition coefficient (Wildman–Crippen LogP) is 2.16. The van der Waals surface area contributed by atoms with Crippen molar-refractivity contribution in [3.05, 3.63) is 23.4 Å². The molecule has 0 saturated carbocycles. The molecule has 0 radical (unpaired) electrons. The van der Waals surface area contributed by atoms with Crippen LogP contribution >= 0.6 is 11.8 Å². The Kier molecular flexibility index (Phi) is 4.07. The highest BCUT2D eigenvalue weighted by Crippen LogP contribution is 2.32. The number of methoxy groups -OCH3 is 1. The first-order valence-electron chi connectivity index (χ1n) is 5.65. The Labute approximate surface area is 101 Å². The Morgan fingerprint density at radius 2 is 2.25 bits per heavy atom. The van der Waals surface area contributed by atoms with Crippen molar-refractivity contribution in [1.29, 1.82) is 0 Å². The molecule has 1 aliphatic rings. The van der Waals surface area contributed by atoms with Gasteiger partial charge in [-0.25, -0.2) is 4.98 Å². The van der Waals surface area contributed by atoms with Crippen LogP contribution < -0.4 is 10.5 Å². The molecule has 2 heterocycles. The Hall–Kier alpha value is -0.740. The smallest absolute Gasteiger partial charge is 0.217 e. The van der Waals surface area contributed by atoms with E-state index < -0.39 is 0 Å². The second-order valence-corrected chi connectivity index (χ2v) is 5.25. The van der Waals surface area contributed by atoms with Gasteiger partial charge < -0.3 is 10.5 Å². The summed E-state index contributed by atoms with van der Waals surface area (Å²) in [6.07, 6.45) is 4.45. The summed E-state index contributed by atoms with van der Waals surface area (Å²) in [5, 5.41) is 0. The van der Waals surface area contributed by atoms with E-state index in [-0.39, 0.29) is 0 Å². The molecule has 1 aromatic rings. The lowest BCUT2D eigenvalue weighted by molar-refractivity contribution is 0.392. The number of rotatable bonds is 3. The molecular formula is C12H18N2OS. The molecule has 0 atom stereocenters. The summed E-state index contributed by atoms with van der Waals surface area (Å²) in [5.41, 5.74) is 8.03. The molecule has 0 spiro atoms. The van der Waals surface area contributed by atoms with Crippen LogP contribution in [-0.2, 0) is 6.54 Å². The number of pyridine rings is 1. The number of thioether (sulfide) groups is 1. The van der Waals surface area contributed by atoms with Crippen molar-refractivity contribution in [2.75, 3.05) is 18.6 Å². The van der Waals surface area contributed by atoms with E-state index in [9.17, 15) is 0 Å². The molecule has 2 N–H and O–H groups in total. The lowest BCUT2D eigenvalue weighted by atomic mass is 9.94. The summed E-state index contributed by atoms with van der Waals surface area (Å²) in [6.45, 7) is 0.492. The van der Waals surface area contributed by atoms with Gasteiger partial charge >= 0.3 is 0 Å². The lowest BCUT2D eigenvalue weighted by Crippen LogP contribution is -2.10. The van der Waals surface area contributed by atoms with Crippen molar-refractivity contribution in [2.24, 2.45) is 5.73 Å². The van der Waals surface area contributed by atoms with Crippen LogP contribution in [0.4, 0.5) is 0 Å². The number of hydrogen-bond acceptors (Lipinski definition) is 4. The van der Waals surface area contributed by atoms with Gasteiger partial charge in [0.25, 0.3) is 0 Å². The van der Waals surface area contributed by atoms with E-state index in [1.54, 1.807) is 7.11 Å². The SMILES string of the molecule is COc1ncc(C2CCSCC2)cc1CN. The van der Waals surface area contributed by atoms with Gasteiger partial charge in [-0.3, -0.25) is 0 Å². The van der Waals surface area contributed by atoms with Crippen molar-refractivity contribution < 1.29 is 4.74 Å². The largest absolute Gasteiger partial charge is 0.481 e. The Bertz CT molecular complexity index is 351. The number of ether oxygens (including phenoxy) is 1. The van der Waals surface area contributed by atoms with Crippen molar-refractivity contribution in [3.63, 3.8) is 0 Å². The van der Waals surface area contributed by atoms with Crippen LogP contribution in [0.25, 0.3) is 0 Å². The maximum Gasteiger partial charge on any atom is 0.217 e. The van der Waals surface area contributed by atoms with E-state index >= 15 is 0 Å². The lowest BCUT2D eigenvalue weighted by Gasteiger charge is -2.22. The summed E-state index contributed by atoms with van der Waals surface area (Å²) in [7, 11) is 1.64. The van der Waals surface area contributed by atoms with Crippen molar-refractivity contribution in [2.45, 2.75) is 25.3 Å². The predicted molar refractivity (Wildman–Crippen MR) is 68.0 cm³/mol. The third kappa shape index (κ3) is 2.50. The van der Waals surface area contributed by atoms with E-state index in [4.69, 9.17) is 10.5 Å². The van der Waals surface area contributed by atoms with Gasteiger partial charge in [-0.1, -0.05) is 0 Å². The maximum absolute atomic E-state index is 5.70. The van der Waals surface area contributed by atoms with E-state index in [0.717, 1.165) is 5.56 Å². The van der Waals surface area contributed by atoms with Gasteiger partial charge in [-0.05, 0) is 41.9 Å². The summed E-state index contributed by atoms with van der Waals surface area (Å²) < 4.78 is 5.18. The quantitative estimate of drug-likeness (QED) is 0.876. The molecule has 0 aliphatic carbocycles. The topological polar surface area (TPSA) is 48.1 Å². The van der Waals surface area contributed by atoms with Gasteiger partial charge in [0.05, 0.1) is 7.11 Å². The minimum absolute atomic E-state index is 0.492. The monoisotopic (exact) mass is 238 g/mol. The molecule has 4 heteroatoms. The average Bonchev–Trinajstić information content (AvgIpc) is 2.39. The Balaban J connectivity index is 2.20. The van der Waals surface area contributed by atoms with Gasteiger partial charge in [-0.2, -0.15) is 11.8 Å². The van der Waals surface area contributed by atoms with Crippen LogP contribution in [0.2, 0.25) is 0 Å². The fraction of sp³-hybridized carbons (Fsp3) is 0.583. The maximum atomic E-state index is 5.70. The third-order valence-corrected chi connectivity index (χ3v) is 4.10. The van der Waals surface area contributed by atoms with Gasteiger partial charge in [0.15, 0.2) is 0 Å². The van der Waals surface area contributed by atoms with E-state index in [1.165, 1.54) is 29.9 Å². The second-order valence-electron chi connectivity index (χ2n) is 4.03. The normalized spacial score (nSPS) is 17.4. The highest BCUT2D eigenvalue weighted by atomic mass is 32.2. The molecule has 0 aromatic carbocycles. The fourth-order valence-electron chi connectivity index (χ4n) is 2.10. The van der Waals surface area contributed by atoms with Crippen LogP contribution in [0.15, 0.2) is 12.3 Å². The van der Waals surface area contributed by atoms with E-state index in [2.05, 4.69) is 11.1 Å². The van der Waals surface area contributed by atoms with E-state index in [1.807, 2.05) is 18.0 Å². The molecule has 88 valence electrons. The third-order valence-electron chi connectivity index (χ3n) is 3.05. The standard InChI is InChI=1S/C12H18N2OS/c1-15-12-10(7-13)6-11(8-14-12)9-2-4-16-5-3-9/h6,8-9H,2-5,7,13H2,1H3. The summed E-state index contributed by atoms with van der Waals surface area (Å²) in [5.74, 6) is 3.84. The van der Waals surface area contributed by atoms with Crippen LogP contribution in [0.3, 0.4) is 0 Å². The first-order chi connectivity index (χ1) is 7.85. The fourth-order valence-corrected chi connectivity index (χ4v) is 3.21. The van der Waals surface area contributed by atoms with Crippen LogP contribution in [0.1, 0.15) is 29.9 Å². The number of hydrogen-bond donors (Lipinski definition) is 1. The zero-order valence-corrected chi connectivity index (χ0v) is 10.4. The highest BCUT2D eigenvalue weighted by Gasteiger charge is 2.17. The molecule has 0 amide bonds. The second kappa shape index (κ2) is 5.55. The molecule has 1 aliphatic heterocycles. The van der Waals surface area contributed by atoms with E-state index in [0.29, 0.717) is 18.3 Å². The van der Waals surface area contributed by atoms with Crippen molar-refractivity contribution >= 4 is 11.8 Å². The Morgan fingerprint density at radius 3 is 2.88 bits per heavy atom. The molecule has 0 unspecified atom stereocenters. The van der Waals surface area contributed by atoms with Gasteiger partial charge in [0, 0.05) is 18.3 Å². The molecule has 16 heavy (non-hydrogen) atoms. The number of nitrogens with two attached hydrogens (primary N) is 1. The van der Waals surface area contributed by atoms with Crippen LogP contribution in [-0.4, -0.2) is 23.6 Å². The van der Waals surface area contributed by atoms with Gasteiger partial charge in [0.1, 0.15) is 0 Å². The summed E-state index contributed by atoms with van der Waals surface area (Å²) in [6, 6.07) is 2.16. The highest BCUT2D eigenvalue weighted by molar-refractivity contribution is 7.99. The Morgan fingerprint density at radius 1 is 1.50 bits per heavy atom. The number of aromatic nitrogens is 1. The molecule has 3 nitrogen and oxygen atoms in total. The van der Waals surface area contributed by atoms with Crippen molar-refractivity contribution in [1.82, 2.24) is 4.98 Å². The van der Waals surface area contributed by atoms with Gasteiger partial charge in [0.2, 0.25) is 5.88 Å². The van der Waals surface area contributed by atoms with Crippen LogP contribution in [0, 0.1) is 0 Å². The molecular weight excluding hydrogens is 220 g/mol.